The molecular formula is C34H36N2O13. The standard InChI is InChI=1S/C34H36N2O13/c1-45-18-7-5-17(6-8-18)22-13-21(37)25-23(46-22)14-24(27(26(25)38)49-32(42)10-3-2-4-11-32)47-31-33(43)12-9-19(20-15-35-16-36-20)34(44,30(33)41)28(48-31)29(39)40/h5-9,12-14,16,19,22,28,30-31,37-38,41-44H,2-4,10-11,15H2,1H3,(H,39,40)/t19-,22?,28-,30+,31-,33-,34-/m1/s1. The van der Waals surface area contributed by atoms with Gasteiger partial charge < -0.3 is 59.4 Å². The van der Waals surface area contributed by atoms with Crippen molar-refractivity contribution in [1.82, 2.24) is 0 Å². The monoisotopic (exact) mass is 680 g/mol. The van der Waals surface area contributed by atoms with E-state index in [9.17, 15) is 40.5 Å². The lowest BCUT2D eigenvalue weighted by molar-refractivity contribution is -0.337. The minimum Gasteiger partial charge on any atom is -0.507 e. The number of benzene rings is 2. The van der Waals surface area contributed by atoms with E-state index in [2.05, 4.69) is 9.98 Å². The number of aromatic hydroxyl groups is 1. The predicted octanol–water partition coefficient (Wildman–Crippen LogP) is 2.15. The number of carboxylic acid groups (broad SMARTS) is 1. The highest BCUT2D eigenvalue weighted by atomic mass is 16.7. The number of carbonyl (C=O) groups is 1. The van der Waals surface area contributed by atoms with Crippen molar-refractivity contribution in [1.29, 1.82) is 0 Å². The summed E-state index contributed by atoms with van der Waals surface area (Å²) >= 11 is 0. The summed E-state index contributed by atoms with van der Waals surface area (Å²) in [6, 6.07) is 8.07. The highest BCUT2D eigenvalue weighted by Gasteiger charge is 2.70. The van der Waals surface area contributed by atoms with Crippen molar-refractivity contribution in [2.75, 3.05) is 13.7 Å². The lowest BCUT2D eigenvalue weighted by atomic mass is 9.64. The predicted molar refractivity (Wildman–Crippen MR) is 170 cm³/mol. The Bertz CT molecular complexity index is 1770. The number of phenols is 1. The van der Waals surface area contributed by atoms with Crippen LogP contribution in [0.25, 0.3) is 5.76 Å². The van der Waals surface area contributed by atoms with Gasteiger partial charge >= 0.3 is 5.97 Å². The zero-order valence-electron chi connectivity index (χ0n) is 26.3. The molecule has 2 fully saturated rings. The fourth-order valence-electron chi connectivity index (χ4n) is 7.11. The molecule has 0 aromatic heterocycles. The summed E-state index contributed by atoms with van der Waals surface area (Å²) in [7, 11) is 1.52. The third kappa shape index (κ3) is 5.38. The molecule has 0 amide bonds. The number of methoxy groups -OCH3 is 1. The number of carboxylic acids is 1. The molecule has 2 aromatic rings. The van der Waals surface area contributed by atoms with Crippen molar-refractivity contribution in [3.8, 4) is 28.7 Å². The quantitative estimate of drug-likeness (QED) is 0.157. The normalized spacial score (nSPS) is 32.7. The smallest absolute Gasteiger partial charge is 0.336 e. The number of aliphatic imine (C=N–C) groups is 2. The van der Waals surface area contributed by atoms with Crippen LogP contribution in [-0.2, 0) is 9.53 Å². The van der Waals surface area contributed by atoms with Crippen LogP contribution in [0.4, 0.5) is 0 Å². The van der Waals surface area contributed by atoms with Crippen LogP contribution >= 0.6 is 0 Å². The summed E-state index contributed by atoms with van der Waals surface area (Å²) < 4.78 is 29.2. The van der Waals surface area contributed by atoms with Gasteiger partial charge in [-0.1, -0.05) is 24.6 Å². The number of rotatable bonds is 8. The van der Waals surface area contributed by atoms with Gasteiger partial charge in [0.2, 0.25) is 17.8 Å². The summed E-state index contributed by atoms with van der Waals surface area (Å²) in [4.78, 5) is 20.6. The van der Waals surface area contributed by atoms with Gasteiger partial charge in [-0.2, -0.15) is 0 Å². The molecule has 5 aliphatic rings. The van der Waals surface area contributed by atoms with E-state index < -0.39 is 65.0 Å². The Kier molecular flexibility index (Phi) is 8.07. The number of hydrogen-bond donors (Lipinski definition) is 7. The van der Waals surface area contributed by atoms with Gasteiger partial charge in [-0.25, -0.2) is 9.79 Å². The van der Waals surface area contributed by atoms with Gasteiger partial charge in [0, 0.05) is 25.0 Å². The highest BCUT2D eigenvalue weighted by Crippen LogP contribution is 2.54. The maximum absolute atomic E-state index is 12.5. The third-order valence-electron chi connectivity index (χ3n) is 9.74. The molecule has 15 nitrogen and oxygen atoms in total. The molecule has 2 aliphatic carbocycles. The number of nitrogens with zero attached hydrogens (tertiary/aromatic N) is 2. The average molecular weight is 681 g/mol. The summed E-state index contributed by atoms with van der Waals surface area (Å²) in [6.45, 7) is 0.0333. The van der Waals surface area contributed by atoms with E-state index in [4.69, 9.17) is 23.7 Å². The van der Waals surface area contributed by atoms with Gasteiger partial charge in [-0.15, -0.1) is 0 Å². The van der Waals surface area contributed by atoms with Crippen molar-refractivity contribution < 1.29 is 64.2 Å². The zero-order valence-corrected chi connectivity index (χ0v) is 26.3. The number of phenolic OH excluding ortho intramolecular Hbond substituents is 1. The number of ether oxygens (including phenoxy) is 5. The van der Waals surface area contributed by atoms with Gasteiger partial charge in [0.1, 0.15) is 47.0 Å². The van der Waals surface area contributed by atoms with E-state index in [1.54, 1.807) is 24.3 Å². The third-order valence-corrected chi connectivity index (χ3v) is 9.74. The van der Waals surface area contributed by atoms with Crippen LogP contribution < -0.4 is 18.9 Å². The topological polar surface area (TPSA) is 230 Å². The molecule has 1 saturated carbocycles. The summed E-state index contributed by atoms with van der Waals surface area (Å²) in [5, 5.41) is 79.3. The van der Waals surface area contributed by atoms with Gasteiger partial charge in [0.25, 0.3) is 0 Å². The van der Waals surface area contributed by atoms with E-state index in [0.29, 0.717) is 24.2 Å². The minimum absolute atomic E-state index is 0.0333. The van der Waals surface area contributed by atoms with Crippen LogP contribution in [-0.4, -0.2) is 103 Å². The molecule has 0 radical (unpaired) electrons. The SMILES string of the molecule is COc1ccc(C2C=C(O)c3c(cc(O[C@@H]4O[C@H](C(=O)O)[C@]5(O)[C@@H](C6=NC=NC6)C=C[C@@]4(O)[C@@H]5O)c(OC4(O)CCCCC4)c3O)O2)cc1. The Morgan fingerprint density at radius 3 is 2.45 bits per heavy atom. The van der Waals surface area contributed by atoms with E-state index in [1.165, 1.54) is 31.7 Å². The number of aliphatic hydroxyl groups excluding tert-OH is 2. The molecule has 3 aliphatic heterocycles. The van der Waals surface area contributed by atoms with E-state index in [0.717, 1.165) is 12.5 Å². The van der Waals surface area contributed by atoms with Gasteiger partial charge in [0.15, 0.2) is 23.2 Å². The van der Waals surface area contributed by atoms with Gasteiger partial charge in [-0.3, -0.25) is 4.99 Å². The van der Waals surface area contributed by atoms with Gasteiger partial charge in [-0.05, 0) is 36.6 Å². The highest BCUT2D eigenvalue weighted by molar-refractivity contribution is 6.00. The molecule has 2 aromatic carbocycles. The average Bonchev–Trinajstić information content (AvgIpc) is 3.61. The zero-order chi connectivity index (χ0) is 34.7. The molecule has 7 N–H and O–H groups in total. The van der Waals surface area contributed by atoms with Crippen LogP contribution in [0.2, 0.25) is 0 Å². The minimum atomic E-state index is -2.60. The van der Waals surface area contributed by atoms with Crippen LogP contribution in [0.3, 0.4) is 0 Å². The fraction of sp³-hybridized carbons (Fsp3) is 0.441. The van der Waals surface area contributed by atoms with Crippen molar-refractivity contribution in [3.05, 3.63) is 59.7 Å². The van der Waals surface area contributed by atoms with Crippen LogP contribution in [0.5, 0.6) is 28.7 Å². The van der Waals surface area contributed by atoms with Crippen LogP contribution in [0.15, 0.2) is 58.5 Å². The fourth-order valence-corrected chi connectivity index (χ4v) is 7.11. The Morgan fingerprint density at radius 2 is 1.80 bits per heavy atom. The Labute approximate surface area is 279 Å². The Hall–Kier alpha value is -4.67. The first-order valence-electron chi connectivity index (χ1n) is 15.8. The maximum atomic E-state index is 12.5. The van der Waals surface area contributed by atoms with E-state index >= 15 is 0 Å². The first-order valence-corrected chi connectivity index (χ1v) is 15.8. The van der Waals surface area contributed by atoms with Gasteiger partial charge in [0.05, 0.1) is 25.3 Å². The molecule has 15 heteroatoms. The molecule has 7 atom stereocenters. The van der Waals surface area contributed by atoms with Crippen molar-refractivity contribution in [3.63, 3.8) is 0 Å². The molecule has 1 unspecified atom stereocenters. The second-order valence-electron chi connectivity index (χ2n) is 12.8. The maximum Gasteiger partial charge on any atom is 0.336 e. The molecule has 7 rings (SSSR count). The van der Waals surface area contributed by atoms with E-state index in [1.807, 2.05) is 0 Å². The molecule has 260 valence electrons. The molecule has 0 spiro atoms. The molecule has 3 heterocycles. The number of aliphatic hydroxyl groups is 5. The number of fused-ring (bicyclic) bond motifs is 3. The molecule has 1 saturated heterocycles. The second-order valence-corrected chi connectivity index (χ2v) is 12.8. The molecular weight excluding hydrogens is 644 g/mol. The molecule has 2 bridgehead atoms. The first-order chi connectivity index (χ1) is 23.4. The second kappa shape index (κ2) is 12.0. The van der Waals surface area contributed by atoms with Crippen molar-refractivity contribution in [2.45, 2.75) is 73.7 Å². The summed E-state index contributed by atoms with van der Waals surface area (Å²) in [6.07, 6.45) is 0.350. The lowest BCUT2D eigenvalue weighted by Crippen LogP contribution is -2.78. The Balaban J connectivity index is 1.31. The van der Waals surface area contributed by atoms with Crippen LogP contribution in [0, 0.1) is 5.92 Å². The van der Waals surface area contributed by atoms with Crippen LogP contribution in [0.1, 0.15) is 49.3 Å². The lowest BCUT2D eigenvalue weighted by Gasteiger charge is -2.55. The molecule has 49 heavy (non-hydrogen) atoms. The number of aliphatic carboxylic acids is 1. The van der Waals surface area contributed by atoms with E-state index in [-0.39, 0.29) is 47.9 Å². The summed E-state index contributed by atoms with van der Waals surface area (Å²) in [5.41, 5.74) is -4.44. The van der Waals surface area contributed by atoms with Crippen molar-refractivity contribution in [2.24, 2.45) is 15.9 Å². The Morgan fingerprint density at radius 1 is 1.06 bits per heavy atom. The summed E-state index contributed by atoms with van der Waals surface area (Å²) in [5.74, 6) is -6.00. The van der Waals surface area contributed by atoms with Crippen molar-refractivity contribution >= 4 is 23.8 Å². The first kappa shape index (κ1) is 32.9. The largest absolute Gasteiger partial charge is 0.507 e. The number of hydrogen-bond acceptors (Lipinski definition) is 14.